The van der Waals surface area contributed by atoms with E-state index in [4.69, 9.17) is 14.2 Å². The van der Waals surface area contributed by atoms with Gasteiger partial charge in [0.15, 0.2) is 11.5 Å². The second-order valence-electron chi connectivity index (χ2n) is 5.20. The van der Waals surface area contributed by atoms with Crippen molar-refractivity contribution in [2.24, 2.45) is 0 Å². The number of rotatable bonds is 7. The first kappa shape index (κ1) is 16.9. The van der Waals surface area contributed by atoms with Gasteiger partial charge in [0.2, 0.25) is 6.79 Å². The largest absolute Gasteiger partial charge is 0.454 e. The lowest BCUT2D eigenvalue weighted by atomic mass is 10.1. The number of amides is 1. The van der Waals surface area contributed by atoms with Crippen molar-refractivity contribution in [1.82, 2.24) is 5.32 Å². The van der Waals surface area contributed by atoms with E-state index in [-0.39, 0.29) is 18.0 Å². The first-order valence-corrected chi connectivity index (χ1v) is 7.55. The predicted octanol–water partition coefficient (Wildman–Crippen LogP) is 3.30. The highest BCUT2D eigenvalue weighted by Gasteiger charge is 2.27. The quantitative estimate of drug-likeness (QED) is 0.469. The summed E-state index contributed by atoms with van der Waals surface area (Å²) in [6.45, 7) is 4.18. The molecule has 1 N–H and O–H groups in total. The molecule has 0 aromatic heterocycles. The van der Waals surface area contributed by atoms with Crippen molar-refractivity contribution in [2.45, 2.75) is 39.2 Å². The SMILES string of the molecule is CCCCCNC(=O)OC(C)c1cc2c(cc1[N+](=O)[O-])OCO2. The third-order valence-electron chi connectivity index (χ3n) is 3.49. The molecule has 1 aliphatic rings. The number of nitrogens with zero attached hydrogens (tertiary/aromatic N) is 1. The van der Waals surface area contributed by atoms with Crippen LogP contribution in [-0.4, -0.2) is 24.4 Å². The highest BCUT2D eigenvalue weighted by atomic mass is 16.7. The van der Waals surface area contributed by atoms with E-state index in [0.717, 1.165) is 19.3 Å². The van der Waals surface area contributed by atoms with E-state index in [2.05, 4.69) is 12.2 Å². The molecule has 0 fully saturated rings. The standard InChI is InChI=1S/C15H20N2O6/c1-3-4-5-6-16-15(18)23-10(2)11-7-13-14(22-9-21-13)8-12(11)17(19)20/h7-8,10H,3-6,9H2,1-2H3,(H,16,18). The number of hydrogen-bond acceptors (Lipinski definition) is 6. The summed E-state index contributed by atoms with van der Waals surface area (Å²) in [5, 5.41) is 13.8. The Morgan fingerprint density at radius 1 is 1.39 bits per heavy atom. The molecule has 1 unspecified atom stereocenters. The maximum Gasteiger partial charge on any atom is 0.407 e. The van der Waals surface area contributed by atoms with E-state index >= 15 is 0 Å². The fourth-order valence-corrected chi connectivity index (χ4v) is 2.26. The summed E-state index contributed by atoms with van der Waals surface area (Å²) < 4.78 is 15.6. The number of fused-ring (bicyclic) bond motifs is 1. The number of nitro benzene ring substituents is 1. The van der Waals surface area contributed by atoms with Gasteiger partial charge in [-0.1, -0.05) is 19.8 Å². The molecule has 0 spiro atoms. The van der Waals surface area contributed by atoms with Crippen LogP contribution in [0.1, 0.15) is 44.8 Å². The number of carbonyl (C=O) groups is 1. The minimum Gasteiger partial charge on any atom is -0.454 e. The molecule has 1 aromatic rings. The zero-order valence-corrected chi connectivity index (χ0v) is 13.2. The molecule has 0 saturated heterocycles. The second kappa shape index (κ2) is 7.66. The Morgan fingerprint density at radius 2 is 2.09 bits per heavy atom. The molecule has 1 aliphatic heterocycles. The van der Waals surface area contributed by atoms with Gasteiger partial charge in [0, 0.05) is 6.54 Å². The van der Waals surface area contributed by atoms with Gasteiger partial charge in [0.1, 0.15) is 6.10 Å². The van der Waals surface area contributed by atoms with E-state index in [1.165, 1.54) is 12.1 Å². The molecule has 1 aromatic carbocycles. The molecule has 8 heteroatoms. The van der Waals surface area contributed by atoms with Gasteiger partial charge < -0.3 is 19.5 Å². The summed E-state index contributed by atoms with van der Waals surface area (Å²) in [6.07, 6.45) is 1.56. The molecular weight excluding hydrogens is 304 g/mol. The molecule has 0 aliphatic carbocycles. The molecule has 0 saturated carbocycles. The molecule has 1 amide bonds. The van der Waals surface area contributed by atoms with Crippen LogP contribution in [-0.2, 0) is 4.74 Å². The lowest BCUT2D eigenvalue weighted by molar-refractivity contribution is -0.386. The van der Waals surface area contributed by atoms with Crippen molar-refractivity contribution in [2.75, 3.05) is 13.3 Å². The van der Waals surface area contributed by atoms with Gasteiger partial charge in [-0.25, -0.2) is 4.79 Å². The molecule has 1 atom stereocenters. The van der Waals surface area contributed by atoms with Gasteiger partial charge in [0.25, 0.3) is 5.69 Å². The fraction of sp³-hybridized carbons (Fsp3) is 0.533. The van der Waals surface area contributed by atoms with Crippen LogP contribution in [0, 0.1) is 10.1 Å². The fourth-order valence-electron chi connectivity index (χ4n) is 2.26. The van der Waals surface area contributed by atoms with Crippen molar-refractivity contribution in [3.05, 3.63) is 27.8 Å². The number of ether oxygens (including phenoxy) is 3. The van der Waals surface area contributed by atoms with E-state index in [0.29, 0.717) is 18.0 Å². The number of benzene rings is 1. The summed E-state index contributed by atoms with van der Waals surface area (Å²) in [7, 11) is 0. The maximum atomic E-state index is 11.7. The van der Waals surface area contributed by atoms with Crippen LogP contribution in [0.3, 0.4) is 0 Å². The summed E-state index contributed by atoms with van der Waals surface area (Å²) in [4.78, 5) is 22.4. The average molecular weight is 324 g/mol. The Hall–Kier alpha value is -2.51. The third-order valence-corrected chi connectivity index (χ3v) is 3.49. The van der Waals surface area contributed by atoms with E-state index in [1.807, 2.05) is 0 Å². The molecular formula is C15H20N2O6. The number of nitro groups is 1. The molecule has 8 nitrogen and oxygen atoms in total. The van der Waals surface area contributed by atoms with Gasteiger partial charge in [-0.15, -0.1) is 0 Å². The first-order valence-electron chi connectivity index (χ1n) is 7.55. The highest BCUT2D eigenvalue weighted by molar-refractivity contribution is 5.68. The van der Waals surface area contributed by atoms with Gasteiger partial charge in [-0.05, 0) is 19.4 Å². The van der Waals surface area contributed by atoms with Crippen LogP contribution >= 0.6 is 0 Å². The lowest BCUT2D eigenvalue weighted by Crippen LogP contribution is -2.26. The van der Waals surface area contributed by atoms with Gasteiger partial charge >= 0.3 is 6.09 Å². The monoisotopic (exact) mass is 324 g/mol. The summed E-state index contributed by atoms with van der Waals surface area (Å²) in [5.74, 6) is 0.723. The third kappa shape index (κ3) is 4.24. The van der Waals surface area contributed by atoms with Crippen LogP contribution in [0.5, 0.6) is 11.5 Å². The van der Waals surface area contributed by atoms with E-state index in [9.17, 15) is 14.9 Å². The molecule has 126 valence electrons. The molecule has 1 heterocycles. The molecule has 23 heavy (non-hydrogen) atoms. The van der Waals surface area contributed by atoms with Crippen LogP contribution in [0.4, 0.5) is 10.5 Å². The predicted molar refractivity (Wildman–Crippen MR) is 81.6 cm³/mol. The second-order valence-corrected chi connectivity index (χ2v) is 5.20. The van der Waals surface area contributed by atoms with E-state index in [1.54, 1.807) is 6.92 Å². The molecule has 2 rings (SSSR count). The lowest BCUT2D eigenvalue weighted by Gasteiger charge is -2.15. The number of unbranched alkanes of at least 4 members (excludes halogenated alkanes) is 2. The zero-order valence-electron chi connectivity index (χ0n) is 13.2. The molecule has 0 bridgehead atoms. The van der Waals surface area contributed by atoms with Crippen molar-refractivity contribution in [3.63, 3.8) is 0 Å². The topological polar surface area (TPSA) is 99.9 Å². The molecule has 0 radical (unpaired) electrons. The smallest absolute Gasteiger partial charge is 0.407 e. The van der Waals surface area contributed by atoms with Crippen molar-refractivity contribution in [1.29, 1.82) is 0 Å². The zero-order chi connectivity index (χ0) is 16.8. The first-order chi connectivity index (χ1) is 11.0. The summed E-state index contributed by atoms with van der Waals surface area (Å²) >= 11 is 0. The number of alkyl carbamates (subject to hydrolysis) is 1. The minimum atomic E-state index is -0.781. The van der Waals surface area contributed by atoms with Crippen LogP contribution in [0.15, 0.2) is 12.1 Å². The number of nitrogens with one attached hydrogen (secondary N) is 1. The Balaban J connectivity index is 2.05. The minimum absolute atomic E-state index is 0.0170. The number of hydrogen-bond donors (Lipinski definition) is 1. The Labute approximate surface area is 133 Å². The van der Waals surface area contributed by atoms with E-state index < -0.39 is 17.1 Å². The van der Waals surface area contributed by atoms with Crippen LogP contribution in [0.25, 0.3) is 0 Å². The number of carbonyl (C=O) groups excluding carboxylic acids is 1. The van der Waals surface area contributed by atoms with Crippen molar-refractivity contribution in [3.8, 4) is 11.5 Å². The Kier molecular flexibility index (Phi) is 5.61. The highest BCUT2D eigenvalue weighted by Crippen LogP contribution is 2.40. The summed E-state index contributed by atoms with van der Waals surface area (Å²) in [6, 6.07) is 2.77. The Bertz CT molecular complexity index is 590. The Morgan fingerprint density at radius 3 is 2.74 bits per heavy atom. The van der Waals surface area contributed by atoms with Crippen molar-refractivity contribution < 1.29 is 23.9 Å². The van der Waals surface area contributed by atoms with Crippen LogP contribution < -0.4 is 14.8 Å². The average Bonchev–Trinajstić information content (AvgIpc) is 2.97. The van der Waals surface area contributed by atoms with Gasteiger partial charge in [-0.3, -0.25) is 10.1 Å². The normalized spacial score (nSPS) is 13.5. The summed E-state index contributed by atoms with van der Waals surface area (Å²) in [5.41, 5.74) is 0.100. The van der Waals surface area contributed by atoms with Gasteiger partial charge in [-0.2, -0.15) is 0 Å². The van der Waals surface area contributed by atoms with Crippen molar-refractivity contribution >= 4 is 11.8 Å². The van der Waals surface area contributed by atoms with Crippen LogP contribution in [0.2, 0.25) is 0 Å². The van der Waals surface area contributed by atoms with Gasteiger partial charge in [0.05, 0.1) is 16.6 Å². The maximum absolute atomic E-state index is 11.7.